The van der Waals surface area contributed by atoms with Crippen LogP contribution in [0.25, 0.3) is 0 Å². The molecule has 0 aromatic heterocycles. The molecule has 2 heterocycles. The monoisotopic (exact) mass is 367 g/mol. The molecule has 25 heavy (non-hydrogen) atoms. The van der Waals surface area contributed by atoms with Gasteiger partial charge in [-0.1, -0.05) is 12.8 Å². The van der Waals surface area contributed by atoms with E-state index in [9.17, 15) is 18.0 Å². The van der Waals surface area contributed by atoms with Crippen molar-refractivity contribution in [2.45, 2.75) is 95.2 Å². The number of alkyl halides is 3. The van der Waals surface area contributed by atoms with Crippen LogP contribution in [0.4, 0.5) is 13.2 Å². The molecule has 0 aromatic rings. The highest BCUT2D eigenvalue weighted by molar-refractivity contribution is 5.82. The van der Waals surface area contributed by atoms with E-state index in [1.807, 2.05) is 5.32 Å². The van der Waals surface area contributed by atoms with Gasteiger partial charge in [-0.2, -0.15) is 13.2 Å². The number of rotatable bonds is 3. The maximum Gasteiger partial charge on any atom is 0.471 e. The van der Waals surface area contributed by atoms with Gasteiger partial charge in [-0.25, -0.2) is 0 Å². The Morgan fingerprint density at radius 2 is 1.76 bits per heavy atom. The average Bonchev–Trinajstić information content (AvgIpc) is 3.09. The topological polar surface area (TPSA) is 66.0 Å². The first kappa shape index (κ1) is 18.9. The van der Waals surface area contributed by atoms with E-state index in [2.05, 4.69) is 0 Å². The Hall–Kier alpha value is -0.900. The van der Waals surface area contributed by atoms with Crippen LogP contribution in [-0.4, -0.2) is 54.6 Å². The summed E-state index contributed by atoms with van der Waals surface area (Å²) in [6.07, 6.45) is -4.24. The summed E-state index contributed by atoms with van der Waals surface area (Å²) in [5, 5.41) is 1.99. The molecule has 0 aromatic carbocycles. The molecule has 1 saturated carbocycles. The van der Waals surface area contributed by atoms with Crippen molar-refractivity contribution < 1.29 is 36.9 Å². The minimum absolute atomic E-state index is 0.0885. The molecular formula is C16H24F3NO5. The van der Waals surface area contributed by atoms with Crippen molar-refractivity contribution >= 4 is 5.91 Å². The summed E-state index contributed by atoms with van der Waals surface area (Å²) in [6, 6.07) is -1.10. The molecule has 144 valence electrons. The number of halogens is 3. The number of carbonyl (C=O) groups is 1. The van der Waals surface area contributed by atoms with Gasteiger partial charge in [0.25, 0.3) is 0 Å². The average molecular weight is 367 g/mol. The molecule has 0 spiro atoms. The van der Waals surface area contributed by atoms with Crippen molar-refractivity contribution in [2.75, 3.05) is 0 Å². The van der Waals surface area contributed by atoms with Gasteiger partial charge < -0.3 is 24.3 Å². The van der Waals surface area contributed by atoms with Crippen LogP contribution < -0.4 is 5.32 Å². The predicted octanol–water partition coefficient (Wildman–Crippen LogP) is 2.26. The number of hydrogen-bond donors (Lipinski definition) is 1. The summed E-state index contributed by atoms with van der Waals surface area (Å²) in [4.78, 5) is 11.5. The first-order valence-electron chi connectivity index (χ1n) is 8.61. The van der Waals surface area contributed by atoms with Gasteiger partial charge in [-0.3, -0.25) is 4.79 Å². The van der Waals surface area contributed by atoms with Crippen molar-refractivity contribution in [1.29, 1.82) is 0 Å². The summed E-state index contributed by atoms with van der Waals surface area (Å²) in [5.74, 6) is -3.01. The molecule has 2 aliphatic heterocycles. The van der Waals surface area contributed by atoms with Crippen molar-refractivity contribution in [3.8, 4) is 0 Å². The van der Waals surface area contributed by atoms with Crippen LogP contribution in [0.2, 0.25) is 0 Å². The quantitative estimate of drug-likeness (QED) is 0.829. The molecule has 5 atom stereocenters. The molecule has 6 nitrogen and oxygen atoms in total. The SMILES string of the molecule is C[C@H]1O[C@H](OC2CCCC2)[C@H](NC(=O)C(F)(F)F)[C@H]2OC(C)(C)O[C@H]21. The molecule has 1 amide bonds. The highest BCUT2D eigenvalue weighted by atomic mass is 19.4. The first-order valence-corrected chi connectivity index (χ1v) is 8.61. The minimum Gasteiger partial charge on any atom is -0.347 e. The zero-order chi connectivity index (χ0) is 18.4. The minimum atomic E-state index is -4.99. The summed E-state index contributed by atoms with van der Waals surface area (Å²) < 4.78 is 61.4. The molecule has 3 rings (SSSR count). The van der Waals surface area contributed by atoms with Crippen LogP contribution in [-0.2, 0) is 23.7 Å². The smallest absolute Gasteiger partial charge is 0.347 e. The normalized spacial score (nSPS) is 38.6. The van der Waals surface area contributed by atoms with Crippen LogP contribution in [0, 0.1) is 0 Å². The molecule has 0 unspecified atom stereocenters. The van der Waals surface area contributed by atoms with Gasteiger partial charge in [0.1, 0.15) is 18.2 Å². The first-order chi connectivity index (χ1) is 11.6. The highest BCUT2D eigenvalue weighted by Crippen LogP contribution is 2.39. The van der Waals surface area contributed by atoms with Crippen molar-refractivity contribution in [2.24, 2.45) is 0 Å². The van der Waals surface area contributed by atoms with E-state index in [1.165, 1.54) is 0 Å². The molecule has 1 aliphatic carbocycles. The fraction of sp³-hybridized carbons (Fsp3) is 0.938. The molecule has 9 heteroatoms. The number of fused-ring (bicyclic) bond motifs is 1. The molecule has 3 aliphatic rings. The lowest BCUT2D eigenvalue weighted by Crippen LogP contribution is -2.64. The predicted molar refractivity (Wildman–Crippen MR) is 79.5 cm³/mol. The van der Waals surface area contributed by atoms with E-state index in [4.69, 9.17) is 18.9 Å². The van der Waals surface area contributed by atoms with Gasteiger partial charge in [0.05, 0.1) is 12.2 Å². The number of ether oxygens (including phenoxy) is 4. The second-order valence-electron chi connectivity index (χ2n) is 7.31. The van der Waals surface area contributed by atoms with Gasteiger partial charge in [0.2, 0.25) is 0 Å². The van der Waals surface area contributed by atoms with Crippen molar-refractivity contribution in [1.82, 2.24) is 5.32 Å². The van der Waals surface area contributed by atoms with E-state index >= 15 is 0 Å². The summed E-state index contributed by atoms with van der Waals surface area (Å²) >= 11 is 0. The number of hydrogen-bond acceptors (Lipinski definition) is 5. The van der Waals surface area contributed by atoms with E-state index in [1.54, 1.807) is 20.8 Å². The molecule has 0 bridgehead atoms. The zero-order valence-corrected chi connectivity index (χ0v) is 14.5. The highest BCUT2D eigenvalue weighted by Gasteiger charge is 2.56. The maximum atomic E-state index is 12.7. The van der Waals surface area contributed by atoms with Gasteiger partial charge in [-0.15, -0.1) is 0 Å². The number of carbonyl (C=O) groups excluding carboxylic acids is 1. The molecule has 1 N–H and O–H groups in total. The lowest BCUT2D eigenvalue weighted by Gasteiger charge is -2.42. The maximum absolute atomic E-state index is 12.7. The Morgan fingerprint density at radius 3 is 2.36 bits per heavy atom. The summed E-state index contributed by atoms with van der Waals surface area (Å²) in [6.45, 7) is 5.11. The third kappa shape index (κ3) is 4.10. The Bertz CT molecular complexity index is 506. The lowest BCUT2D eigenvalue weighted by atomic mass is 9.97. The molecule has 0 radical (unpaired) electrons. The van der Waals surface area contributed by atoms with Crippen LogP contribution in [0.15, 0.2) is 0 Å². The Balaban J connectivity index is 1.80. The largest absolute Gasteiger partial charge is 0.471 e. The second kappa shape index (κ2) is 6.68. The van der Waals surface area contributed by atoms with Crippen LogP contribution in [0.1, 0.15) is 46.5 Å². The zero-order valence-electron chi connectivity index (χ0n) is 14.5. The van der Waals surface area contributed by atoms with Gasteiger partial charge in [0.15, 0.2) is 12.1 Å². The number of amides is 1. The van der Waals surface area contributed by atoms with E-state index in [0.29, 0.717) is 0 Å². The summed E-state index contributed by atoms with van der Waals surface area (Å²) in [7, 11) is 0. The third-order valence-electron chi connectivity index (χ3n) is 4.81. The Morgan fingerprint density at radius 1 is 1.16 bits per heavy atom. The Labute approximate surface area is 144 Å². The molecular weight excluding hydrogens is 343 g/mol. The van der Waals surface area contributed by atoms with Crippen molar-refractivity contribution in [3.63, 3.8) is 0 Å². The fourth-order valence-corrected chi connectivity index (χ4v) is 3.70. The van der Waals surface area contributed by atoms with Crippen LogP contribution in [0.5, 0.6) is 0 Å². The van der Waals surface area contributed by atoms with E-state index in [0.717, 1.165) is 25.7 Å². The Kier molecular flexibility index (Phi) is 5.04. The van der Waals surface area contributed by atoms with E-state index in [-0.39, 0.29) is 6.10 Å². The second-order valence-corrected chi connectivity index (χ2v) is 7.31. The lowest BCUT2D eigenvalue weighted by molar-refractivity contribution is -0.256. The third-order valence-corrected chi connectivity index (χ3v) is 4.81. The van der Waals surface area contributed by atoms with Crippen LogP contribution >= 0.6 is 0 Å². The van der Waals surface area contributed by atoms with Crippen LogP contribution in [0.3, 0.4) is 0 Å². The van der Waals surface area contributed by atoms with Gasteiger partial charge in [-0.05, 0) is 33.6 Å². The van der Waals surface area contributed by atoms with Gasteiger partial charge in [0, 0.05) is 0 Å². The number of nitrogens with one attached hydrogen (secondary N) is 1. The molecule has 3 fully saturated rings. The molecule has 2 saturated heterocycles. The van der Waals surface area contributed by atoms with Gasteiger partial charge >= 0.3 is 12.1 Å². The van der Waals surface area contributed by atoms with E-state index < -0.39 is 48.5 Å². The standard InChI is InChI=1S/C16H24F3NO5/c1-8-11-12(25-15(2,3)24-11)10(20-14(21)16(17,18)19)13(22-8)23-9-6-4-5-7-9/h8-13H,4-7H2,1-3H3,(H,20,21)/t8-,10-,11+,12-,13-/m1/s1. The van der Waals surface area contributed by atoms with Crippen molar-refractivity contribution in [3.05, 3.63) is 0 Å². The fourth-order valence-electron chi connectivity index (χ4n) is 3.70. The summed E-state index contributed by atoms with van der Waals surface area (Å²) in [5.41, 5.74) is 0.